The van der Waals surface area contributed by atoms with Crippen LogP contribution in [0.1, 0.15) is 51.4 Å². The molecule has 0 spiro atoms. The van der Waals surface area contributed by atoms with Crippen molar-refractivity contribution in [2.45, 2.75) is 51.4 Å². The van der Waals surface area contributed by atoms with Crippen molar-refractivity contribution < 1.29 is 9.47 Å². The summed E-state index contributed by atoms with van der Waals surface area (Å²) in [5.41, 5.74) is 10.8. The van der Waals surface area contributed by atoms with E-state index in [1.165, 1.54) is 25.7 Å². The average molecular weight is 246 g/mol. The van der Waals surface area contributed by atoms with Gasteiger partial charge >= 0.3 is 0 Å². The summed E-state index contributed by atoms with van der Waals surface area (Å²) >= 11 is 0. The Kier molecular flexibility index (Phi) is 15.7. The quantitative estimate of drug-likeness (QED) is 0.363. The third kappa shape index (κ3) is 15.8. The maximum Gasteiger partial charge on any atom is 0.146 e. The second-order valence-corrected chi connectivity index (χ2v) is 4.34. The SMILES string of the molecule is NCCCCCCOCOCCCCCCN. The van der Waals surface area contributed by atoms with E-state index in [0.29, 0.717) is 6.79 Å². The maximum absolute atomic E-state index is 5.41. The molecule has 0 aliphatic carbocycles. The zero-order chi connectivity index (χ0) is 12.6. The number of unbranched alkanes of at least 4 members (excludes halogenated alkanes) is 6. The van der Waals surface area contributed by atoms with Crippen molar-refractivity contribution in [3.8, 4) is 0 Å². The summed E-state index contributed by atoms with van der Waals surface area (Å²) in [5.74, 6) is 0. The predicted molar refractivity (Wildman–Crippen MR) is 71.8 cm³/mol. The van der Waals surface area contributed by atoms with Gasteiger partial charge in [-0.2, -0.15) is 0 Å². The van der Waals surface area contributed by atoms with Crippen LogP contribution in [-0.2, 0) is 9.47 Å². The standard InChI is InChI=1S/C13H30N2O2/c14-9-5-1-3-7-11-16-13-17-12-8-4-2-6-10-15/h1-15H2. The van der Waals surface area contributed by atoms with Gasteiger partial charge in [-0.25, -0.2) is 0 Å². The predicted octanol–water partition coefficient (Wildman–Crippen LogP) is 2.02. The zero-order valence-corrected chi connectivity index (χ0v) is 11.2. The molecule has 0 radical (unpaired) electrons. The van der Waals surface area contributed by atoms with Gasteiger partial charge in [0.15, 0.2) is 0 Å². The molecule has 0 aliphatic heterocycles. The smallest absolute Gasteiger partial charge is 0.146 e. The highest BCUT2D eigenvalue weighted by Gasteiger charge is 1.92. The van der Waals surface area contributed by atoms with E-state index >= 15 is 0 Å². The average Bonchev–Trinajstić information content (AvgIpc) is 2.35. The second-order valence-electron chi connectivity index (χ2n) is 4.34. The molecule has 0 aromatic heterocycles. The molecular weight excluding hydrogens is 216 g/mol. The van der Waals surface area contributed by atoms with E-state index in [4.69, 9.17) is 20.9 Å². The summed E-state index contributed by atoms with van der Waals surface area (Å²) in [6.45, 7) is 3.64. The molecular formula is C13H30N2O2. The van der Waals surface area contributed by atoms with Gasteiger partial charge in [0, 0.05) is 13.2 Å². The highest BCUT2D eigenvalue weighted by atomic mass is 16.7. The van der Waals surface area contributed by atoms with E-state index in [1.807, 2.05) is 0 Å². The Bertz CT molecular complexity index is 121. The second kappa shape index (κ2) is 15.8. The first-order valence-corrected chi connectivity index (χ1v) is 6.97. The number of hydrogen-bond donors (Lipinski definition) is 2. The molecule has 0 aliphatic rings. The Morgan fingerprint density at radius 2 is 0.941 bits per heavy atom. The first-order chi connectivity index (χ1) is 8.41. The van der Waals surface area contributed by atoms with Crippen LogP contribution < -0.4 is 11.5 Å². The molecule has 4 nitrogen and oxygen atoms in total. The van der Waals surface area contributed by atoms with Crippen molar-refractivity contribution in [3.05, 3.63) is 0 Å². The normalized spacial score (nSPS) is 10.9. The molecule has 4 N–H and O–H groups in total. The minimum Gasteiger partial charge on any atom is -0.355 e. The molecule has 0 bridgehead atoms. The van der Waals surface area contributed by atoms with E-state index in [1.54, 1.807) is 0 Å². The molecule has 0 rings (SSSR count). The van der Waals surface area contributed by atoms with Gasteiger partial charge < -0.3 is 20.9 Å². The molecule has 4 heteroatoms. The van der Waals surface area contributed by atoms with Crippen LogP contribution in [0.15, 0.2) is 0 Å². The van der Waals surface area contributed by atoms with Crippen LogP contribution in [0.25, 0.3) is 0 Å². The molecule has 0 fully saturated rings. The summed E-state index contributed by atoms with van der Waals surface area (Å²) < 4.78 is 10.7. The monoisotopic (exact) mass is 246 g/mol. The maximum atomic E-state index is 5.41. The zero-order valence-electron chi connectivity index (χ0n) is 11.2. The minimum absolute atomic E-state index is 0.438. The van der Waals surface area contributed by atoms with E-state index in [2.05, 4.69) is 0 Å². The fraction of sp³-hybridized carbons (Fsp3) is 1.00. The van der Waals surface area contributed by atoms with Gasteiger partial charge in [-0.3, -0.25) is 0 Å². The molecule has 0 amide bonds. The Labute approximate surface area is 106 Å². The summed E-state index contributed by atoms with van der Waals surface area (Å²) in [6, 6.07) is 0. The lowest BCUT2D eigenvalue weighted by Gasteiger charge is -2.05. The van der Waals surface area contributed by atoms with Crippen LogP contribution in [0.4, 0.5) is 0 Å². The lowest BCUT2D eigenvalue weighted by Crippen LogP contribution is -2.04. The molecule has 104 valence electrons. The van der Waals surface area contributed by atoms with Crippen LogP contribution in [0.2, 0.25) is 0 Å². The molecule has 0 unspecified atom stereocenters. The molecule has 0 aromatic rings. The van der Waals surface area contributed by atoms with Crippen LogP contribution >= 0.6 is 0 Å². The lowest BCUT2D eigenvalue weighted by atomic mass is 10.2. The molecule has 0 aromatic carbocycles. The molecule has 0 atom stereocenters. The van der Waals surface area contributed by atoms with Gasteiger partial charge in [0.2, 0.25) is 0 Å². The van der Waals surface area contributed by atoms with Gasteiger partial charge in [-0.15, -0.1) is 0 Å². The lowest BCUT2D eigenvalue weighted by molar-refractivity contribution is -0.0555. The highest BCUT2D eigenvalue weighted by molar-refractivity contribution is 4.43. The number of nitrogens with two attached hydrogens (primary N) is 2. The van der Waals surface area contributed by atoms with Gasteiger partial charge in [0.1, 0.15) is 6.79 Å². The molecule has 0 heterocycles. The Balaban J connectivity index is 2.85. The first-order valence-electron chi connectivity index (χ1n) is 6.97. The molecule has 17 heavy (non-hydrogen) atoms. The van der Waals surface area contributed by atoms with Crippen molar-refractivity contribution >= 4 is 0 Å². The number of rotatable bonds is 14. The highest BCUT2D eigenvalue weighted by Crippen LogP contribution is 2.00. The van der Waals surface area contributed by atoms with Crippen LogP contribution in [0, 0.1) is 0 Å². The first kappa shape index (κ1) is 16.8. The van der Waals surface area contributed by atoms with E-state index in [0.717, 1.165) is 52.0 Å². The minimum atomic E-state index is 0.438. The van der Waals surface area contributed by atoms with Gasteiger partial charge in [0.05, 0.1) is 0 Å². The number of hydrogen-bond acceptors (Lipinski definition) is 4. The topological polar surface area (TPSA) is 70.5 Å². The van der Waals surface area contributed by atoms with Crippen molar-refractivity contribution in [2.24, 2.45) is 11.5 Å². The van der Waals surface area contributed by atoms with Crippen LogP contribution in [-0.4, -0.2) is 33.1 Å². The summed E-state index contributed by atoms with van der Waals surface area (Å²) in [5, 5.41) is 0. The Hall–Kier alpha value is -0.160. The Morgan fingerprint density at radius 3 is 1.35 bits per heavy atom. The van der Waals surface area contributed by atoms with Gasteiger partial charge in [-0.1, -0.05) is 25.7 Å². The summed E-state index contributed by atoms with van der Waals surface area (Å²) in [6.07, 6.45) is 9.30. The summed E-state index contributed by atoms with van der Waals surface area (Å²) in [4.78, 5) is 0. The number of ether oxygens (including phenoxy) is 2. The van der Waals surface area contributed by atoms with Crippen molar-refractivity contribution in [3.63, 3.8) is 0 Å². The van der Waals surface area contributed by atoms with E-state index in [-0.39, 0.29) is 0 Å². The van der Waals surface area contributed by atoms with Crippen molar-refractivity contribution in [1.29, 1.82) is 0 Å². The van der Waals surface area contributed by atoms with E-state index in [9.17, 15) is 0 Å². The third-order valence-electron chi connectivity index (χ3n) is 2.65. The van der Waals surface area contributed by atoms with Crippen molar-refractivity contribution in [1.82, 2.24) is 0 Å². The van der Waals surface area contributed by atoms with Crippen LogP contribution in [0.3, 0.4) is 0 Å². The van der Waals surface area contributed by atoms with Gasteiger partial charge in [0.25, 0.3) is 0 Å². The van der Waals surface area contributed by atoms with Crippen LogP contribution in [0.5, 0.6) is 0 Å². The van der Waals surface area contributed by atoms with E-state index < -0.39 is 0 Å². The largest absolute Gasteiger partial charge is 0.355 e. The molecule has 0 saturated heterocycles. The Morgan fingerprint density at radius 1 is 0.529 bits per heavy atom. The van der Waals surface area contributed by atoms with Gasteiger partial charge in [-0.05, 0) is 38.8 Å². The third-order valence-corrected chi connectivity index (χ3v) is 2.65. The fourth-order valence-corrected chi connectivity index (χ4v) is 1.58. The van der Waals surface area contributed by atoms with Crippen molar-refractivity contribution in [2.75, 3.05) is 33.1 Å². The molecule has 0 saturated carbocycles. The summed E-state index contributed by atoms with van der Waals surface area (Å²) in [7, 11) is 0. The fourth-order valence-electron chi connectivity index (χ4n) is 1.58.